The molecule has 0 atom stereocenters. The van der Waals surface area contributed by atoms with Gasteiger partial charge < -0.3 is 4.57 Å². The maximum absolute atomic E-state index is 12.6. The fourth-order valence-electron chi connectivity index (χ4n) is 2.71. The number of aryl methyl sites for hydroxylation is 1. The summed E-state index contributed by atoms with van der Waals surface area (Å²) in [4.78, 5) is 29.1. The third-order valence-corrected chi connectivity index (χ3v) is 4.31. The molecule has 26 heavy (non-hydrogen) atoms. The predicted octanol–water partition coefficient (Wildman–Crippen LogP) is 2.11. The molecule has 0 spiro atoms. The van der Waals surface area contributed by atoms with Crippen molar-refractivity contribution < 1.29 is 0 Å². The molecule has 3 aromatic rings. The van der Waals surface area contributed by atoms with E-state index in [1.807, 2.05) is 26.0 Å². The third-order valence-electron chi connectivity index (χ3n) is 4.06. The van der Waals surface area contributed by atoms with Crippen LogP contribution in [0, 0.1) is 0 Å². The first-order valence-electron chi connectivity index (χ1n) is 8.04. The van der Waals surface area contributed by atoms with E-state index >= 15 is 0 Å². The number of benzene rings is 1. The topological polar surface area (TPSA) is 86.2 Å². The number of nitrogens with zero attached hydrogens (tertiary/aromatic N) is 5. The highest BCUT2D eigenvalue weighted by Gasteiger charge is 2.20. The van der Waals surface area contributed by atoms with E-state index in [1.165, 1.54) is 11.6 Å². The molecule has 136 valence electrons. The van der Waals surface area contributed by atoms with E-state index in [0.29, 0.717) is 22.1 Å². The van der Waals surface area contributed by atoms with Gasteiger partial charge in [-0.25, -0.2) is 10.2 Å². The molecule has 0 amide bonds. The van der Waals surface area contributed by atoms with E-state index in [-0.39, 0.29) is 11.6 Å². The summed E-state index contributed by atoms with van der Waals surface area (Å²) >= 11 is 5.86. The van der Waals surface area contributed by atoms with E-state index < -0.39 is 5.69 Å². The molecule has 9 heteroatoms. The second-order valence-corrected chi connectivity index (χ2v) is 6.64. The molecule has 8 nitrogen and oxygen atoms in total. The van der Waals surface area contributed by atoms with Crippen LogP contribution in [-0.2, 0) is 14.1 Å². The number of halogens is 1. The molecule has 2 heterocycles. The number of aromatic nitrogens is 4. The Morgan fingerprint density at radius 2 is 1.81 bits per heavy atom. The van der Waals surface area contributed by atoms with Crippen LogP contribution in [0.5, 0.6) is 0 Å². The van der Waals surface area contributed by atoms with Gasteiger partial charge in [0, 0.05) is 25.2 Å². The average molecular weight is 375 g/mol. The summed E-state index contributed by atoms with van der Waals surface area (Å²) in [6.45, 7) is 3.86. The normalized spacial score (nSPS) is 11.8. The molecule has 1 N–H and O–H groups in total. The molecule has 0 aliphatic rings. The Bertz CT molecular complexity index is 1110. The lowest BCUT2D eigenvalue weighted by molar-refractivity contribution is 0.615. The van der Waals surface area contributed by atoms with Crippen LogP contribution >= 0.6 is 11.6 Å². The molecular weight excluding hydrogens is 356 g/mol. The third kappa shape index (κ3) is 3.03. The summed E-state index contributed by atoms with van der Waals surface area (Å²) in [5, 5.41) is 4.83. The monoisotopic (exact) mass is 374 g/mol. The minimum atomic E-state index is -0.424. The van der Waals surface area contributed by atoms with Crippen LogP contribution in [0.3, 0.4) is 0 Å². The van der Waals surface area contributed by atoms with Gasteiger partial charge in [-0.2, -0.15) is 10.1 Å². The smallest absolute Gasteiger partial charge is 0.300 e. The molecule has 0 unspecified atom stereocenters. The lowest BCUT2D eigenvalue weighted by Gasteiger charge is -2.12. The zero-order valence-corrected chi connectivity index (χ0v) is 15.7. The quantitative estimate of drug-likeness (QED) is 0.559. The van der Waals surface area contributed by atoms with Crippen molar-refractivity contribution in [3.8, 4) is 0 Å². The minimum absolute atomic E-state index is 0.0570. The van der Waals surface area contributed by atoms with Gasteiger partial charge in [0.25, 0.3) is 5.56 Å². The van der Waals surface area contributed by atoms with Gasteiger partial charge in [0.1, 0.15) is 0 Å². The Morgan fingerprint density at radius 1 is 1.15 bits per heavy atom. The van der Waals surface area contributed by atoms with Crippen molar-refractivity contribution in [2.24, 2.45) is 19.2 Å². The average Bonchev–Trinajstić information content (AvgIpc) is 3.00. The number of hydrogen-bond acceptors (Lipinski definition) is 5. The Balaban J connectivity index is 2.08. The fraction of sp³-hybridized carbons (Fsp3) is 0.294. The number of imidazole rings is 1. The number of hydrogen-bond donors (Lipinski definition) is 1. The molecule has 3 rings (SSSR count). The van der Waals surface area contributed by atoms with Crippen LogP contribution < -0.4 is 16.7 Å². The summed E-state index contributed by atoms with van der Waals surface area (Å²) in [5.74, 6) is 0.388. The lowest BCUT2D eigenvalue weighted by atomic mass is 10.2. The summed E-state index contributed by atoms with van der Waals surface area (Å²) in [6.07, 6.45) is 1.62. The highest BCUT2D eigenvalue weighted by atomic mass is 35.5. The number of nitrogens with one attached hydrogen (secondary N) is 1. The standard InChI is InChI=1S/C17H19ClN6O2/c1-10(2)24-13-14(22(3)17(26)23(4)15(13)25)20-16(24)21-19-9-11-5-7-12(18)8-6-11/h5-10H,1-4H3,(H,20,21)/b19-9+. The zero-order valence-electron chi connectivity index (χ0n) is 14.9. The highest BCUT2D eigenvalue weighted by molar-refractivity contribution is 6.30. The van der Waals surface area contributed by atoms with Crippen LogP contribution in [0.4, 0.5) is 5.95 Å². The van der Waals surface area contributed by atoms with Crippen molar-refractivity contribution in [3.63, 3.8) is 0 Å². The van der Waals surface area contributed by atoms with Crippen molar-refractivity contribution in [1.82, 2.24) is 18.7 Å². The Hall–Kier alpha value is -2.87. The number of anilines is 1. The second kappa shape index (κ2) is 6.80. The molecule has 0 saturated heterocycles. The Kier molecular flexibility index (Phi) is 4.69. The van der Waals surface area contributed by atoms with Gasteiger partial charge >= 0.3 is 5.69 Å². The molecular formula is C17H19ClN6O2. The molecule has 0 fully saturated rings. The molecule has 1 aromatic carbocycles. The SMILES string of the molecule is CC(C)n1c(N/N=C/c2ccc(Cl)cc2)nc2c1c(=O)n(C)c(=O)n2C. The highest BCUT2D eigenvalue weighted by Crippen LogP contribution is 2.21. The Morgan fingerprint density at radius 3 is 2.42 bits per heavy atom. The van der Waals surface area contributed by atoms with E-state index in [9.17, 15) is 9.59 Å². The van der Waals surface area contributed by atoms with Crippen LogP contribution in [0.1, 0.15) is 25.5 Å². The van der Waals surface area contributed by atoms with Crippen LogP contribution in [0.15, 0.2) is 39.0 Å². The van der Waals surface area contributed by atoms with Gasteiger partial charge in [0.05, 0.1) is 6.21 Å². The van der Waals surface area contributed by atoms with E-state index in [4.69, 9.17) is 11.6 Å². The number of hydrazone groups is 1. The van der Waals surface area contributed by atoms with Crippen LogP contribution in [-0.4, -0.2) is 24.9 Å². The predicted molar refractivity (Wildman–Crippen MR) is 103 cm³/mol. The number of rotatable bonds is 4. The van der Waals surface area contributed by atoms with Gasteiger partial charge in [0.15, 0.2) is 11.2 Å². The lowest BCUT2D eigenvalue weighted by Crippen LogP contribution is -2.37. The van der Waals surface area contributed by atoms with Gasteiger partial charge in [0.2, 0.25) is 5.95 Å². The van der Waals surface area contributed by atoms with Crippen LogP contribution in [0.25, 0.3) is 11.2 Å². The molecule has 2 aromatic heterocycles. The second-order valence-electron chi connectivity index (χ2n) is 6.20. The summed E-state index contributed by atoms with van der Waals surface area (Å²) in [7, 11) is 3.04. The number of fused-ring (bicyclic) bond motifs is 1. The summed E-state index contributed by atoms with van der Waals surface area (Å²) < 4.78 is 4.16. The molecule has 0 saturated carbocycles. The molecule has 0 radical (unpaired) electrons. The zero-order chi connectivity index (χ0) is 19.0. The maximum Gasteiger partial charge on any atom is 0.332 e. The van der Waals surface area contributed by atoms with Gasteiger partial charge in [-0.1, -0.05) is 23.7 Å². The van der Waals surface area contributed by atoms with Crippen molar-refractivity contribution in [2.45, 2.75) is 19.9 Å². The van der Waals surface area contributed by atoms with Gasteiger partial charge in [-0.05, 0) is 31.5 Å². The summed E-state index contributed by atoms with van der Waals surface area (Å²) in [5.41, 5.74) is 3.58. The fourth-order valence-corrected chi connectivity index (χ4v) is 2.84. The van der Waals surface area contributed by atoms with Crippen molar-refractivity contribution in [2.75, 3.05) is 5.43 Å². The van der Waals surface area contributed by atoms with Gasteiger partial charge in [-0.15, -0.1) is 0 Å². The van der Waals surface area contributed by atoms with Crippen molar-refractivity contribution >= 4 is 34.9 Å². The first-order valence-corrected chi connectivity index (χ1v) is 8.41. The van der Waals surface area contributed by atoms with E-state index in [1.54, 1.807) is 30.0 Å². The first kappa shape index (κ1) is 17.9. The van der Waals surface area contributed by atoms with E-state index in [2.05, 4.69) is 15.5 Å². The van der Waals surface area contributed by atoms with Crippen LogP contribution in [0.2, 0.25) is 5.02 Å². The maximum atomic E-state index is 12.6. The largest absolute Gasteiger partial charge is 0.332 e. The van der Waals surface area contributed by atoms with Gasteiger partial charge in [-0.3, -0.25) is 13.9 Å². The van der Waals surface area contributed by atoms with E-state index in [0.717, 1.165) is 10.1 Å². The first-order chi connectivity index (χ1) is 12.3. The van der Waals surface area contributed by atoms with Crippen molar-refractivity contribution in [1.29, 1.82) is 0 Å². The summed E-state index contributed by atoms with van der Waals surface area (Å²) in [6, 6.07) is 7.15. The van der Waals surface area contributed by atoms with Crippen molar-refractivity contribution in [3.05, 3.63) is 55.7 Å². The molecule has 0 aliphatic heterocycles. The molecule has 0 aliphatic carbocycles. The minimum Gasteiger partial charge on any atom is -0.300 e. The Labute approximate surface area is 154 Å². The molecule has 0 bridgehead atoms.